The lowest BCUT2D eigenvalue weighted by atomic mass is 10.5. The van der Waals surface area contributed by atoms with Crippen LogP contribution in [0.3, 0.4) is 0 Å². The molecule has 0 atom stereocenters. The Balaban J connectivity index is 0. The molecule has 0 bridgehead atoms. The lowest BCUT2D eigenvalue weighted by Gasteiger charge is -2.01. The van der Waals surface area contributed by atoms with Gasteiger partial charge in [0.15, 0.2) is 0 Å². The zero-order valence-corrected chi connectivity index (χ0v) is 10.4. The van der Waals surface area contributed by atoms with Gasteiger partial charge in [0.25, 0.3) is 10.1 Å². The Morgan fingerprint density at radius 3 is 2.06 bits per heavy atom. The molecule has 0 aliphatic heterocycles. The lowest BCUT2D eigenvalue weighted by molar-refractivity contribution is -0.120. The second-order valence-electron chi connectivity index (χ2n) is 3.09. The highest BCUT2D eigenvalue weighted by molar-refractivity contribution is 7.85. The number of ether oxygens (including phenoxy) is 1. The number of hydrogen-bond acceptors (Lipinski definition) is 6. The van der Waals surface area contributed by atoms with Gasteiger partial charge in [-0.1, -0.05) is 0 Å². The summed E-state index contributed by atoms with van der Waals surface area (Å²) in [7, 11) is -4.05. The van der Waals surface area contributed by atoms with Gasteiger partial charge in [-0.05, 0) is 13.8 Å². The molecule has 0 radical (unpaired) electrons. The maximum absolute atomic E-state index is 10.2. The molecular weight excluding hydrogens is 254 g/mol. The number of nitrogens with two attached hydrogens (primary N) is 2. The summed E-state index contributed by atoms with van der Waals surface area (Å²) in [6.45, 7) is 3.48. The second-order valence-corrected chi connectivity index (χ2v) is 4.66. The largest absolute Gasteiger partial charge is 0.447 e. The van der Waals surface area contributed by atoms with Crippen molar-refractivity contribution in [2.24, 2.45) is 11.6 Å². The maximum atomic E-state index is 10.2. The smallest absolute Gasteiger partial charge is 0.404 e. The molecule has 0 fully saturated rings. The van der Waals surface area contributed by atoms with Gasteiger partial charge in [-0.3, -0.25) is 14.8 Å². The van der Waals surface area contributed by atoms with Crippen LogP contribution in [0, 0.1) is 0 Å². The van der Waals surface area contributed by atoms with Gasteiger partial charge in [0, 0.05) is 6.42 Å². The van der Waals surface area contributed by atoms with Crippen molar-refractivity contribution < 1.29 is 27.3 Å². The fraction of sp³-hybridized carbons (Fsp3) is 0.714. The van der Waals surface area contributed by atoms with E-state index >= 15 is 0 Å². The molecule has 0 aliphatic carbocycles. The van der Waals surface area contributed by atoms with E-state index in [4.69, 9.17) is 4.55 Å². The molecule has 2 amide bonds. The first-order valence-electron chi connectivity index (χ1n) is 4.49. The number of primary amides is 1. The molecule has 0 spiro atoms. The Morgan fingerprint density at radius 1 is 1.41 bits per heavy atom. The molecule has 0 aliphatic rings. The minimum atomic E-state index is -4.05. The number of amides is 2. The van der Waals surface area contributed by atoms with Gasteiger partial charge >= 0.3 is 6.09 Å². The Bertz CT molecular complexity index is 340. The van der Waals surface area contributed by atoms with Gasteiger partial charge in [0.05, 0.1) is 11.9 Å². The third-order valence-electron chi connectivity index (χ3n) is 1.10. The number of rotatable bonds is 4. The summed E-state index contributed by atoms with van der Waals surface area (Å²) < 4.78 is 32.5. The zero-order chi connectivity index (χ0) is 14.1. The minimum absolute atomic E-state index is 0.0995. The van der Waals surface area contributed by atoms with Crippen molar-refractivity contribution in [1.29, 1.82) is 0 Å². The summed E-state index contributed by atoms with van der Waals surface area (Å²) in [6, 6.07) is 0. The van der Waals surface area contributed by atoms with E-state index in [1.165, 1.54) is 0 Å². The van der Waals surface area contributed by atoms with Crippen LogP contribution in [-0.4, -0.2) is 36.8 Å². The van der Waals surface area contributed by atoms with Crippen molar-refractivity contribution in [2.75, 3.05) is 5.75 Å². The van der Waals surface area contributed by atoms with Crippen LogP contribution in [0.25, 0.3) is 0 Å². The number of hydrogen-bond donors (Lipinski definition) is 4. The van der Waals surface area contributed by atoms with Crippen LogP contribution in [0.1, 0.15) is 20.3 Å². The number of carbonyl (C=O) groups is 2. The van der Waals surface area contributed by atoms with Gasteiger partial charge in [0.1, 0.15) is 0 Å². The predicted octanol–water partition coefficient (Wildman–Crippen LogP) is -1.26. The first kappa shape index (κ1) is 18.0. The Labute approximate surface area is 99.2 Å². The fourth-order valence-electron chi connectivity index (χ4n) is 0.526. The van der Waals surface area contributed by atoms with Crippen LogP contribution < -0.4 is 17.0 Å². The van der Waals surface area contributed by atoms with Crippen LogP contribution >= 0.6 is 0 Å². The summed E-state index contributed by atoms with van der Waals surface area (Å²) >= 11 is 0. The Kier molecular flexibility index (Phi) is 9.23. The van der Waals surface area contributed by atoms with Crippen LogP contribution in [-0.2, 0) is 19.6 Å². The molecule has 0 aromatic rings. The molecule has 9 nitrogen and oxygen atoms in total. The standard InChI is InChI=1S/C4H9NO2.C3H8N2O4S/c1-3(2)7-4(5)6;4-5-3(6)1-2-10(7,8)9/h3H,1-2H3,(H2,5,6);1-2,4H2,(H,5,6)(H,7,8,9). The molecule has 102 valence electrons. The Hall–Kier alpha value is -1.39. The van der Waals surface area contributed by atoms with Gasteiger partial charge < -0.3 is 10.5 Å². The molecular formula is C7H17N3O6S. The van der Waals surface area contributed by atoms with Crippen LogP contribution in [0.15, 0.2) is 0 Å². The first-order valence-corrected chi connectivity index (χ1v) is 6.10. The third kappa shape index (κ3) is 20.6. The predicted molar refractivity (Wildman–Crippen MR) is 59.2 cm³/mol. The molecule has 0 unspecified atom stereocenters. The molecule has 0 aromatic carbocycles. The number of hydrazine groups is 1. The highest BCUT2D eigenvalue weighted by Crippen LogP contribution is 1.86. The van der Waals surface area contributed by atoms with Crippen molar-refractivity contribution in [3.63, 3.8) is 0 Å². The summed E-state index contributed by atoms with van der Waals surface area (Å²) in [4.78, 5) is 20.1. The van der Waals surface area contributed by atoms with Crippen molar-refractivity contribution in [3.8, 4) is 0 Å². The molecule has 0 aromatic heterocycles. The van der Waals surface area contributed by atoms with Crippen LogP contribution in [0.4, 0.5) is 4.79 Å². The molecule has 0 rings (SSSR count). The summed E-state index contributed by atoms with van der Waals surface area (Å²) in [5.41, 5.74) is 6.36. The summed E-state index contributed by atoms with van der Waals surface area (Å²) in [5.74, 6) is 3.40. The van der Waals surface area contributed by atoms with E-state index in [2.05, 4.69) is 16.3 Å². The van der Waals surface area contributed by atoms with Gasteiger partial charge in [-0.25, -0.2) is 10.6 Å². The lowest BCUT2D eigenvalue weighted by Crippen LogP contribution is -2.31. The average Bonchev–Trinajstić information content (AvgIpc) is 2.11. The Morgan fingerprint density at radius 2 is 1.88 bits per heavy atom. The second kappa shape index (κ2) is 8.73. The minimum Gasteiger partial charge on any atom is -0.447 e. The van der Waals surface area contributed by atoms with Crippen molar-refractivity contribution in [2.45, 2.75) is 26.4 Å². The monoisotopic (exact) mass is 271 g/mol. The molecule has 0 heterocycles. The van der Waals surface area contributed by atoms with Crippen molar-refractivity contribution >= 4 is 22.1 Å². The maximum Gasteiger partial charge on any atom is 0.404 e. The molecule has 17 heavy (non-hydrogen) atoms. The van der Waals surface area contributed by atoms with Gasteiger partial charge in [0.2, 0.25) is 5.91 Å². The molecule has 10 heteroatoms. The molecule has 6 N–H and O–H groups in total. The van der Waals surface area contributed by atoms with E-state index < -0.39 is 27.9 Å². The quantitative estimate of drug-likeness (QED) is 0.215. The van der Waals surface area contributed by atoms with E-state index in [-0.39, 0.29) is 12.5 Å². The SMILES string of the molecule is CC(C)OC(N)=O.NNC(=O)CCS(=O)(=O)O. The van der Waals surface area contributed by atoms with E-state index in [1.807, 2.05) is 0 Å². The number of carbonyl (C=O) groups excluding carboxylic acids is 2. The zero-order valence-electron chi connectivity index (χ0n) is 9.54. The van der Waals surface area contributed by atoms with E-state index in [1.54, 1.807) is 19.3 Å². The fourth-order valence-corrected chi connectivity index (χ4v) is 0.970. The van der Waals surface area contributed by atoms with E-state index in [9.17, 15) is 18.0 Å². The highest BCUT2D eigenvalue weighted by Gasteiger charge is 2.07. The topological polar surface area (TPSA) is 162 Å². The first-order chi connectivity index (χ1) is 7.58. The summed E-state index contributed by atoms with van der Waals surface area (Å²) in [6.07, 6.45) is -1.14. The van der Waals surface area contributed by atoms with E-state index in [0.717, 1.165) is 0 Å². The average molecular weight is 271 g/mol. The highest BCUT2D eigenvalue weighted by atomic mass is 32.2. The van der Waals surface area contributed by atoms with Crippen molar-refractivity contribution in [1.82, 2.24) is 5.43 Å². The van der Waals surface area contributed by atoms with Gasteiger partial charge in [-0.2, -0.15) is 8.42 Å². The van der Waals surface area contributed by atoms with E-state index in [0.29, 0.717) is 0 Å². The van der Waals surface area contributed by atoms with Gasteiger partial charge in [-0.15, -0.1) is 0 Å². The normalized spacial score (nSPS) is 10.2. The molecule has 0 saturated carbocycles. The van der Waals surface area contributed by atoms with Crippen molar-refractivity contribution in [3.05, 3.63) is 0 Å². The van der Waals surface area contributed by atoms with Crippen LogP contribution in [0.2, 0.25) is 0 Å². The van der Waals surface area contributed by atoms with Crippen LogP contribution in [0.5, 0.6) is 0 Å². The summed E-state index contributed by atoms with van der Waals surface area (Å²) in [5, 5.41) is 0. The third-order valence-corrected chi connectivity index (χ3v) is 1.82. The number of nitrogens with one attached hydrogen (secondary N) is 1. The molecule has 0 saturated heterocycles.